The number of fused-ring (bicyclic) bond motifs is 1. The van der Waals surface area contributed by atoms with E-state index in [9.17, 15) is 14.4 Å². The van der Waals surface area contributed by atoms with Gasteiger partial charge >= 0.3 is 0 Å². The van der Waals surface area contributed by atoms with Crippen molar-refractivity contribution in [1.29, 1.82) is 0 Å². The summed E-state index contributed by atoms with van der Waals surface area (Å²) < 4.78 is 0. The van der Waals surface area contributed by atoms with Crippen molar-refractivity contribution in [2.75, 3.05) is 6.54 Å². The van der Waals surface area contributed by atoms with Gasteiger partial charge in [-0.25, -0.2) is 0 Å². The van der Waals surface area contributed by atoms with Crippen LogP contribution in [0.3, 0.4) is 0 Å². The molecule has 1 aromatic carbocycles. The van der Waals surface area contributed by atoms with E-state index in [-0.39, 0.29) is 45.6 Å². The van der Waals surface area contributed by atoms with Gasteiger partial charge in [0.05, 0.1) is 21.2 Å². The lowest BCUT2D eigenvalue weighted by atomic mass is 10.1. The molecule has 118 valence electrons. The minimum absolute atomic E-state index is 0.0495. The zero-order valence-electron chi connectivity index (χ0n) is 12.4. The van der Waals surface area contributed by atoms with Crippen molar-refractivity contribution in [1.82, 2.24) is 10.2 Å². The maximum absolute atomic E-state index is 12.2. The van der Waals surface area contributed by atoms with Gasteiger partial charge in [0.25, 0.3) is 11.8 Å². The summed E-state index contributed by atoms with van der Waals surface area (Å²) >= 11 is 11.7. The summed E-state index contributed by atoms with van der Waals surface area (Å²) in [6.45, 7) is 5.48. The number of hydrogen-bond acceptors (Lipinski definition) is 3. The molecule has 1 aliphatic rings. The lowest BCUT2D eigenvalue weighted by Gasteiger charge is -2.19. The zero-order valence-corrected chi connectivity index (χ0v) is 14.0. The Balaban J connectivity index is 2.17. The van der Waals surface area contributed by atoms with Crippen LogP contribution in [0.4, 0.5) is 0 Å². The van der Waals surface area contributed by atoms with Crippen LogP contribution in [0, 0.1) is 5.92 Å². The van der Waals surface area contributed by atoms with Gasteiger partial charge in [-0.05, 0) is 25.0 Å². The Morgan fingerprint density at radius 3 is 1.95 bits per heavy atom. The summed E-state index contributed by atoms with van der Waals surface area (Å²) in [6.07, 6.45) is 0. The maximum Gasteiger partial charge on any atom is 0.262 e. The van der Waals surface area contributed by atoms with Crippen molar-refractivity contribution in [3.05, 3.63) is 33.3 Å². The van der Waals surface area contributed by atoms with Crippen molar-refractivity contribution in [2.45, 2.75) is 26.8 Å². The molecule has 0 aliphatic carbocycles. The molecular weight excluding hydrogens is 327 g/mol. The Kier molecular flexibility index (Phi) is 4.78. The summed E-state index contributed by atoms with van der Waals surface area (Å²) in [5.41, 5.74) is 0.341. The molecule has 1 heterocycles. The second-order valence-electron chi connectivity index (χ2n) is 5.61. The number of benzene rings is 1. The van der Waals surface area contributed by atoms with Gasteiger partial charge in [0.2, 0.25) is 5.91 Å². The number of carbonyl (C=O) groups excluding carboxylic acids is 3. The smallest absolute Gasteiger partial charge is 0.262 e. The molecule has 1 atom stereocenters. The number of nitrogens with zero attached hydrogens (tertiary/aromatic N) is 1. The van der Waals surface area contributed by atoms with Crippen molar-refractivity contribution in [3.8, 4) is 0 Å². The fourth-order valence-corrected chi connectivity index (χ4v) is 2.36. The first-order valence-corrected chi connectivity index (χ1v) is 7.62. The van der Waals surface area contributed by atoms with Crippen LogP contribution in [0.1, 0.15) is 41.5 Å². The van der Waals surface area contributed by atoms with E-state index in [2.05, 4.69) is 5.32 Å². The zero-order chi connectivity index (χ0) is 16.6. The highest BCUT2D eigenvalue weighted by Gasteiger charge is 2.37. The molecule has 1 aromatic rings. The van der Waals surface area contributed by atoms with E-state index >= 15 is 0 Å². The van der Waals surface area contributed by atoms with Gasteiger partial charge < -0.3 is 5.32 Å². The topological polar surface area (TPSA) is 66.5 Å². The second kappa shape index (κ2) is 6.26. The molecule has 1 aliphatic heterocycles. The van der Waals surface area contributed by atoms with Crippen LogP contribution in [0.15, 0.2) is 12.1 Å². The number of rotatable bonds is 4. The van der Waals surface area contributed by atoms with E-state index in [1.54, 1.807) is 0 Å². The number of hydrogen-bond donors (Lipinski definition) is 1. The molecular formula is C15H16Cl2N2O3. The highest BCUT2D eigenvalue weighted by atomic mass is 35.5. The molecule has 0 fully saturated rings. The highest BCUT2D eigenvalue weighted by Crippen LogP contribution is 2.31. The van der Waals surface area contributed by atoms with Gasteiger partial charge in [-0.15, -0.1) is 0 Å². The molecule has 5 nitrogen and oxygen atoms in total. The third-order valence-electron chi connectivity index (χ3n) is 3.70. The third-order valence-corrected chi connectivity index (χ3v) is 4.42. The number of halogens is 2. The SMILES string of the molecule is CC(C)[C@H](C)NC(=O)CN1C(=O)c2cc(Cl)c(Cl)cc2C1=O. The van der Waals surface area contributed by atoms with Crippen LogP contribution in [-0.2, 0) is 4.79 Å². The molecule has 0 aromatic heterocycles. The molecule has 0 bridgehead atoms. The summed E-state index contributed by atoms with van der Waals surface area (Å²) in [4.78, 5) is 37.4. The van der Waals surface area contributed by atoms with Crippen molar-refractivity contribution < 1.29 is 14.4 Å². The van der Waals surface area contributed by atoms with E-state index in [1.165, 1.54) is 12.1 Å². The number of imide groups is 1. The molecule has 22 heavy (non-hydrogen) atoms. The molecule has 1 N–H and O–H groups in total. The average Bonchev–Trinajstić information content (AvgIpc) is 2.64. The Labute approximate surface area is 138 Å². The van der Waals surface area contributed by atoms with Gasteiger partial charge in [0, 0.05) is 6.04 Å². The largest absolute Gasteiger partial charge is 0.352 e. The number of nitrogens with one attached hydrogen (secondary N) is 1. The minimum Gasteiger partial charge on any atom is -0.352 e. The van der Waals surface area contributed by atoms with Crippen LogP contribution < -0.4 is 5.32 Å². The molecule has 3 amide bonds. The first kappa shape index (κ1) is 16.8. The maximum atomic E-state index is 12.2. The fourth-order valence-electron chi connectivity index (χ4n) is 2.04. The Morgan fingerprint density at radius 2 is 1.55 bits per heavy atom. The molecule has 0 saturated carbocycles. The molecule has 0 spiro atoms. The molecule has 0 radical (unpaired) electrons. The monoisotopic (exact) mass is 342 g/mol. The van der Waals surface area contributed by atoms with E-state index in [1.807, 2.05) is 20.8 Å². The Bertz CT molecular complexity index is 617. The van der Waals surface area contributed by atoms with Gasteiger partial charge in [-0.1, -0.05) is 37.0 Å². The number of carbonyl (C=O) groups is 3. The van der Waals surface area contributed by atoms with E-state index in [0.29, 0.717) is 0 Å². The van der Waals surface area contributed by atoms with Crippen molar-refractivity contribution >= 4 is 40.9 Å². The average molecular weight is 343 g/mol. The van der Waals surface area contributed by atoms with E-state index < -0.39 is 11.8 Å². The van der Waals surface area contributed by atoms with Crippen molar-refractivity contribution in [3.63, 3.8) is 0 Å². The van der Waals surface area contributed by atoms with Crippen molar-refractivity contribution in [2.24, 2.45) is 5.92 Å². The molecule has 0 saturated heterocycles. The fraction of sp³-hybridized carbons (Fsp3) is 0.400. The van der Waals surface area contributed by atoms with Crippen LogP contribution in [0.2, 0.25) is 10.0 Å². The van der Waals surface area contributed by atoms with Crippen LogP contribution in [0.5, 0.6) is 0 Å². The quantitative estimate of drug-likeness (QED) is 0.855. The predicted molar refractivity (Wildman–Crippen MR) is 84.3 cm³/mol. The Hall–Kier alpha value is -1.59. The van der Waals surface area contributed by atoms with Gasteiger partial charge in [0.1, 0.15) is 6.54 Å². The summed E-state index contributed by atoms with van der Waals surface area (Å²) in [7, 11) is 0. The van der Waals surface area contributed by atoms with E-state index in [0.717, 1.165) is 4.90 Å². The number of amides is 3. The van der Waals surface area contributed by atoms with Crippen LogP contribution >= 0.6 is 23.2 Å². The third kappa shape index (κ3) is 3.10. The predicted octanol–water partition coefficient (Wildman–Crippen LogP) is 2.75. The van der Waals surface area contributed by atoms with Gasteiger partial charge in [-0.2, -0.15) is 0 Å². The van der Waals surface area contributed by atoms with E-state index in [4.69, 9.17) is 23.2 Å². The first-order valence-electron chi connectivity index (χ1n) is 6.87. The van der Waals surface area contributed by atoms with Crippen LogP contribution in [0.25, 0.3) is 0 Å². The lowest BCUT2D eigenvalue weighted by molar-refractivity contribution is -0.122. The first-order chi connectivity index (χ1) is 10.2. The molecule has 0 unspecified atom stereocenters. The van der Waals surface area contributed by atoms with Gasteiger partial charge in [-0.3, -0.25) is 19.3 Å². The normalized spacial score (nSPS) is 15.3. The van der Waals surface area contributed by atoms with Gasteiger partial charge in [0.15, 0.2) is 0 Å². The lowest BCUT2D eigenvalue weighted by Crippen LogP contribution is -2.44. The summed E-state index contributed by atoms with van der Waals surface area (Å²) in [6, 6.07) is 2.66. The van der Waals surface area contributed by atoms with Crippen LogP contribution in [-0.4, -0.2) is 35.2 Å². The minimum atomic E-state index is -0.536. The summed E-state index contributed by atoms with van der Waals surface area (Å²) in [5, 5.41) is 3.15. The molecule has 7 heteroatoms. The molecule has 2 rings (SSSR count). The summed E-state index contributed by atoms with van der Waals surface area (Å²) in [5.74, 6) is -1.20. The highest BCUT2D eigenvalue weighted by molar-refractivity contribution is 6.43. The Morgan fingerprint density at radius 1 is 1.09 bits per heavy atom. The standard InChI is InChI=1S/C15H16Cl2N2O3/c1-7(2)8(3)18-13(20)6-19-14(21)9-4-11(16)12(17)5-10(9)15(19)22/h4-5,7-8H,6H2,1-3H3,(H,18,20)/t8-/m0/s1. The second-order valence-corrected chi connectivity index (χ2v) is 6.42.